The van der Waals surface area contributed by atoms with E-state index in [2.05, 4.69) is 48.9 Å². The van der Waals surface area contributed by atoms with Gasteiger partial charge in [0, 0.05) is 18.1 Å². The van der Waals surface area contributed by atoms with Crippen LogP contribution >= 0.6 is 0 Å². The van der Waals surface area contributed by atoms with Gasteiger partial charge < -0.3 is 5.11 Å². The second-order valence-electron chi connectivity index (χ2n) is 7.42. The van der Waals surface area contributed by atoms with Crippen LogP contribution in [0.25, 0.3) is 11.1 Å². The Morgan fingerprint density at radius 1 is 0.962 bits per heavy atom. The first kappa shape index (κ1) is 16.6. The van der Waals surface area contributed by atoms with Gasteiger partial charge in [0.1, 0.15) is 11.3 Å². The van der Waals surface area contributed by atoms with E-state index in [4.69, 9.17) is 0 Å². The standard InChI is InChI=1S/C24H21NO/c1-23(2)15-7-9-18(25-17-23)10-8-16-24(26)21-13-5-3-11-19(21)20-12-4-6-14-22(20)24/h3-7,9,11-15,17,26H,16H2,1-2H3. The van der Waals surface area contributed by atoms with Gasteiger partial charge in [-0.15, -0.1) is 0 Å². The van der Waals surface area contributed by atoms with E-state index in [1.165, 1.54) is 0 Å². The van der Waals surface area contributed by atoms with Gasteiger partial charge in [-0.25, -0.2) is 0 Å². The van der Waals surface area contributed by atoms with Crippen molar-refractivity contribution in [3.63, 3.8) is 0 Å². The van der Waals surface area contributed by atoms with Gasteiger partial charge in [-0.3, -0.25) is 4.99 Å². The predicted molar refractivity (Wildman–Crippen MR) is 107 cm³/mol. The SMILES string of the molecule is CC1(C)C=CC=C(C#CCC2(O)c3ccccc3-c3ccccc32)N=C1. The number of hydrogen-bond acceptors (Lipinski definition) is 2. The van der Waals surface area contributed by atoms with Crippen LogP contribution in [0.1, 0.15) is 31.4 Å². The van der Waals surface area contributed by atoms with Crippen LogP contribution in [0, 0.1) is 17.3 Å². The molecule has 0 spiro atoms. The highest BCUT2D eigenvalue weighted by atomic mass is 16.3. The summed E-state index contributed by atoms with van der Waals surface area (Å²) in [4.78, 5) is 4.47. The molecule has 0 amide bonds. The fourth-order valence-corrected chi connectivity index (χ4v) is 3.54. The van der Waals surface area contributed by atoms with Gasteiger partial charge in [-0.2, -0.15) is 0 Å². The zero-order valence-corrected chi connectivity index (χ0v) is 15.0. The second kappa shape index (κ2) is 6.12. The van der Waals surface area contributed by atoms with Crippen molar-refractivity contribution in [2.24, 2.45) is 10.4 Å². The van der Waals surface area contributed by atoms with Gasteiger partial charge in [-0.1, -0.05) is 80.5 Å². The van der Waals surface area contributed by atoms with E-state index in [-0.39, 0.29) is 5.41 Å². The Bertz CT molecular complexity index is 966. The smallest absolute Gasteiger partial charge is 0.127 e. The van der Waals surface area contributed by atoms with E-state index in [1.807, 2.05) is 54.8 Å². The number of benzene rings is 2. The Morgan fingerprint density at radius 2 is 1.58 bits per heavy atom. The summed E-state index contributed by atoms with van der Waals surface area (Å²) in [5, 5.41) is 11.5. The highest BCUT2D eigenvalue weighted by Gasteiger charge is 2.40. The molecule has 0 saturated carbocycles. The topological polar surface area (TPSA) is 32.6 Å². The van der Waals surface area contributed by atoms with Crippen LogP contribution in [0.4, 0.5) is 0 Å². The summed E-state index contributed by atoms with van der Waals surface area (Å²) in [6.07, 6.45) is 8.25. The Hall–Kier alpha value is -2.89. The van der Waals surface area contributed by atoms with Crippen molar-refractivity contribution < 1.29 is 5.11 Å². The highest BCUT2D eigenvalue weighted by molar-refractivity contribution is 5.80. The van der Waals surface area contributed by atoms with Crippen LogP contribution in [-0.2, 0) is 5.60 Å². The van der Waals surface area contributed by atoms with Crippen molar-refractivity contribution in [3.8, 4) is 23.0 Å². The number of nitrogens with zero attached hydrogens (tertiary/aromatic N) is 1. The third-order valence-corrected chi connectivity index (χ3v) is 4.91. The molecule has 0 radical (unpaired) electrons. The van der Waals surface area contributed by atoms with Crippen molar-refractivity contribution in [1.29, 1.82) is 0 Å². The van der Waals surface area contributed by atoms with E-state index in [0.29, 0.717) is 6.42 Å². The van der Waals surface area contributed by atoms with Crippen LogP contribution in [0.2, 0.25) is 0 Å². The molecule has 26 heavy (non-hydrogen) atoms. The van der Waals surface area contributed by atoms with Crippen LogP contribution in [0.3, 0.4) is 0 Å². The van der Waals surface area contributed by atoms with E-state index < -0.39 is 5.60 Å². The van der Waals surface area contributed by atoms with Gasteiger partial charge >= 0.3 is 0 Å². The maximum atomic E-state index is 11.5. The van der Waals surface area contributed by atoms with Crippen LogP contribution < -0.4 is 0 Å². The van der Waals surface area contributed by atoms with Crippen molar-refractivity contribution in [2.45, 2.75) is 25.9 Å². The average Bonchev–Trinajstić information content (AvgIpc) is 2.76. The Morgan fingerprint density at radius 3 is 2.23 bits per heavy atom. The lowest BCUT2D eigenvalue weighted by atomic mass is 9.88. The number of fused-ring (bicyclic) bond motifs is 3. The molecule has 2 heteroatoms. The van der Waals surface area contributed by atoms with E-state index >= 15 is 0 Å². The van der Waals surface area contributed by atoms with Gasteiger partial charge in [0.15, 0.2) is 0 Å². The quantitative estimate of drug-likeness (QED) is 0.740. The Kier molecular flexibility index (Phi) is 3.90. The zero-order chi connectivity index (χ0) is 18.2. The molecule has 2 aliphatic rings. The van der Waals surface area contributed by atoms with Crippen molar-refractivity contribution >= 4 is 6.21 Å². The lowest BCUT2D eigenvalue weighted by Gasteiger charge is -2.23. The third-order valence-electron chi connectivity index (χ3n) is 4.91. The zero-order valence-electron chi connectivity index (χ0n) is 15.0. The molecule has 1 N–H and O–H groups in total. The largest absolute Gasteiger partial charge is 0.379 e. The monoisotopic (exact) mass is 339 g/mol. The van der Waals surface area contributed by atoms with Crippen LogP contribution in [0.5, 0.6) is 0 Å². The summed E-state index contributed by atoms with van der Waals surface area (Å²) in [5.41, 5.74) is 3.60. The average molecular weight is 339 g/mol. The third kappa shape index (κ3) is 2.81. The molecule has 4 rings (SSSR count). The predicted octanol–water partition coefficient (Wildman–Crippen LogP) is 4.85. The van der Waals surface area contributed by atoms with Gasteiger partial charge in [0.05, 0.1) is 0 Å². The maximum Gasteiger partial charge on any atom is 0.127 e. The first-order valence-corrected chi connectivity index (χ1v) is 8.85. The normalized spacial score (nSPS) is 18.2. The fourth-order valence-electron chi connectivity index (χ4n) is 3.54. The molecule has 1 aliphatic carbocycles. The lowest BCUT2D eigenvalue weighted by molar-refractivity contribution is 0.0914. The molecule has 1 heterocycles. The number of allylic oxidation sites excluding steroid dienone is 4. The van der Waals surface area contributed by atoms with E-state index in [0.717, 1.165) is 28.0 Å². The summed E-state index contributed by atoms with van der Waals surface area (Å²) in [7, 11) is 0. The Labute approximate surface area is 154 Å². The first-order chi connectivity index (χ1) is 12.5. The number of aliphatic imine (C=N–C) groups is 1. The van der Waals surface area contributed by atoms with E-state index in [1.54, 1.807) is 0 Å². The Balaban J connectivity index is 1.68. The fraction of sp³-hybridized carbons (Fsp3) is 0.208. The first-order valence-electron chi connectivity index (χ1n) is 8.85. The molecular weight excluding hydrogens is 318 g/mol. The van der Waals surface area contributed by atoms with Crippen LogP contribution in [0.15, 0.2) is 77.4 Å². The molecule has 0 unspecified atom stereocenters. The number of aliphatic hydroxyl groups is 1. The van der Waals surface area contributed by atoms with Crippen molar-refractivity contribution in [1.82, 2.24) is 0 Å². The summed E-state index contributed by atoms with van der Waals surface area (Å²) >= 11 is 0. The molecule has 0 bridgehead atoms. The van der Waals surface area contributed by atoms with Crippen molar-refractivity contribution in [2.75, 3.05) is 0 Å². The highest BCUT2D eigenvalue weighted by Crippen LogP contribution is 2.48. The summed E-state index contributed by atoms with van der Waals surface area (Å²) in [6.45, 7) is 4.21. The summed E-state index contributed by atoms with van der Waals surface area (Å²) in [6, 6.07) is 16.0. The minimum atomic E-state index is -1.08. The van der Waals surface area contributed by atoms with Crippen LogP contribution in [-0.4, -0.2) is 11.3 Å². The molecule has 0 aromatic heterocycles. The maximum absolute atomic E-state index is 11.5. The molecule has 2 aromatic rings. The molecule has 1 aliphatic heterocycles. The molecule has 0 atom stereocenters. The molecule has 2 nitrogen and oxygen atoms in total. The van der Waals surface area contributed by atoms with Gasteiger partial charge in [0.2, 0.25) is 0 Å². The van der Waals surface area contributed by atoms with E-state index in [9.17, 15) is 5.11 Å². The number of hydrogen-bond donors (Lipinski definition) is 1. The molecule has 2 aromatic carbocycles. The molecule has 128 valence electrons. The molecule has 0 saturated heterocycles. The summed E-state index contributed by atoms with van der Waals surface area (Å²) in [5.74, 6) is 6.27. The van der Waals surface area contributed by atoms with Crippen molar-refractivity contribution in [3.05, 3.63) is 83.6 Å². The lowest BCUT2D eigenvalue weighted by Crippen LogP contribution is -2.23. The minimum absolute atomic E-state index is 0.0680. The van der Waals surface area contributed by atoms with Gasteiger partial charge in [-0.05, 0) is 34.3 Å². The second-order valence-corrected chi connectivity index (χ2v) is 7.42. The molecule has 0 fully saturated rings. The molecular formula is C24H21NO. The number of rotatable bonds is 1. The van der Waals surface area contributed by atoms with Gasteiger partial charge in [0.25, 0.3) is 0 Å². The summed E-state index contributed by atoms with van der Waals surface area (Å²) < 4.78 is 0. The minimum Gasteiger partial charge on any atom is -0.379 e.